The molecule has 1 rings (SSSR count). The van der Waals surface area contributed by atoms with Gasteiger partial charge >= 0.3 is 5.97 Å². The van der Waals surface area contributed by atoms with Gasteiger partial charge in [-0.3, -0.25) is 0 Å². The highest BCUT2D eigenvalue weighted by Gasteiger charge is 2.20. The van der Waals surface area contributed by atoms with E-state index in [1.54, 1.807) is 0 Å². The summed E-state index contributed by atoms with van der Waals surface area (Å²) in [5, 5.41) is 9.25. The molecule has 4 heteroatoms. The third-order valence-electron chi connectivity index (χ3n) is 1.89. The fourth-order valence-corrected chi connectivity index (χ4v) is 2.36. The number of nitrogens with zero attached hydrogens (tertiary/aromatic N) is 1. The molecule has 0 spiro atoms. The summed E-state index contributed by atoms with van der Waals surface area (Å²) in [6, 6.07) is 0. The zero-order valence-electron chi connectivity index (χ0n) is 9.37. The second kappa shape index (κ2) is 4.14. The average molecular weight is 225 g/mol. The molecular formula is C11H15NO2S. The lowest BCUT2D eigenvalue weighted by molar-refractivity contribution is -0.131. The molecule has 0 bridgehead atoms. The fraction of sp³-hybridized carbons (Fsp3) is 0.455. The van der Waals surface area contributed by atoms with Gasteiger partial charge in [0.25, 0.3) is 0 Å². The number of thiazole rings is 1. The van der Waals surface area contributed by atoms with Crippen LogP contribution in [0.25, 0.3) is 6.08 Å². The molecule has 0 radical (unpaired) electrons. The maximum atomic E-state index is 10.4. The molecule has 0 aliphatic carbocycles. The number of aryl methyl sites for hydroxylation is 1. The van der Waals surface area contributed by atoms with Crippen molar-refractivity contribution in [2.45, 2.75) is 33.1 Å². The molecule has 0 fully saturated rings. The molecule has 0 aromatic carbocycles. The van der Waals surface area contributed by atoms with Gasteiger partial charge in [0.2, 0.25) is 0 Å². The Morgan fingerprint density at radius 3 is 2.47 bits per heavy atom. The molecule has 0 saturated carbocycles. The smallest absolute Gasteiger partial charge is 0.328 e. The van der Waals surface area contributed by atoms with Gasteiger partial charge in [-0.2, -0.15) is 0 Å². The van der Waals surface area contributed by atoms with Gasteiger partial charge < -0.3 is 5.11 Å². The molecule has 1 aromatic heterocycles. The number of rotatable bonds is 2. The lowest BCUT2D eigenvalue weighted by atomic mass is 9.92. The van der Waals surface area contributed by atoms with Gasteiger partial charge in [-0.25, -0.2) is 9.78 Å². The monoisotopic (exact) mass is 225 g/mol. The first kappa shape index (κ1) is 11.9. The first-order chi connectivity index (χ1) is 6.80. The van der Waals surface area contributed by atoms with Crippen LogP contribution in [0.2, 0.25) is 0 Å². The van der Waals surface area contributed by atoms with Gasteiger partial charge in [0, 0.05) is 16.4 Å². The molecule has 0 saturated heterocycles. The van der Waals surface area contributed by atoms with Crippen LogP contribution in [0.15, 0.2) is 6.08 Å². The summed E-state index contributed by atoms with van der Waals surface area (Å²) in [5.74, 6) is -0.944. The Balaban J connectivity index is 3.01. The molecule has 1 heterocycles. The SMILES string of the molecule is Cc1sc(/C=C/C(=O)O)nc1C(C)(C)C. The van der Waals surface area contributed by atoms with Crippen molar-refractivity contribution < 1.29 is 9.90 Å². The summed E-state index contributed by atoms with van der Waals surface area (Å²) in [6.07, 6.45) is 2.65. The standard InChI is InChI=1S/C11H15NO2S/c1-7-10(11(2,3)4)12-8(15-7)5-6-9(13)14/h5-6H,1-4H3,(H,13,14)/b6-5+. The quantitative estimate of drug-likeness (QED) is 0.787. The highest BCUT2D eigenvalue weighted by molar-refractivity contribution is 7.12. The number of carbonyl (C=O) groups is 1. The van der Waals surface area contributed by atoms with E-state index in [-0.39, 0.29) is 5.41 Å². The first-order valence-electron chi connectivity index (χ1n) is 4.69. The number of carboxylic acids is 1. The highest BCUT2D eigenvalue weighted by Crippen LogP contribution is 2.29. The van der Waals surface area contributed by atoms with Gasteiger partial charge in [0.15, 0.2) is 0 Å². The van der Waals surface area contributed by atoms with Crippen molar-refractivity contribution in [2.75, 3.05) is 0 Å². The lowest BCUT2D eigenvalue weighted by Gasteiger charge is -2.15. The first-order valence-corrected chi connectivity index (χ1v) is 5.51. The fourth-order valence-electron chi connectivity index (χ4n) is 1.33. The Hall–Kier alpha value is -1.16. The summed E-state index contributed by atoms with van der Waals surface area (Å²) in [6.45, 7) is 8.30. The Morgan fingerprint density at radius 2 is 2.07 bits per heavy atom. The van der Waals surface area contributed by atoms with E-state index in [9.17, 15) is 4.79 Å². The molecule has 0 unspecified atom stereocenters. The average Bonchev–Trinajstić information content (AvgIpc) is 2.42. The minimum atomic E-state index is -0.944. The molecule has 1 N–H and O–H groups in total. The topological polar surface area (TPSA) is 50.2 Å². The van der Waals surface area contributed by atoms with Crippen LogP contribution in [0.3, 0.4) is 0 Å². The zero-order valence-corrected chi connectivity index (χ0v) is 10.2. The molecule has 15 heavy (non-hydrogen) atoms. The Labute approximate surface area is 93.5 Å². The van der Waals surface area contributed by atoms with Crippen LogP contribution in [0, 0.1) is 6.92 Å². The van der Waals surface area contributed by atoms with Crippen LogP contribution in [-0.4, -0.2) is 16.1 Å². The van der Waals surface area contributed by atoms with Crippen LogP contribution < -0.4 is 0 Å². The lowest BCUT2D eigenvalue weighted by Crippen LogP contribution is -2.12. The predicted octanol–water partition coefficient (Wildman–Crippen LogP) is 2.85. The van der Waals surface area contributed by atoms with Crippen molar-refractivity contribution in [2.24, 2.45) is 0 Å². The van der Waals surface area contributed by atoms with Crippen molar-refractivity contribution in [1.29, 1.82) is 0 Å². The molecule has 0 aliphatic heterocycles. The molecule has 82 valence electrons. The van der Waals surface area contributed by atoms with E-state index in [2.05, 4.69) is 25.8 Å². The van der Waals surface area contributed by atoms with E-state index in [0.29, 0.717) is 0 Å². The van der Waals surface area contributed by atoms with E-state index in [1.807, 2.05) is 6.92 Å². The van der Waals surface area contributed by atoms with Gasteiger partial charge in [-0.15, -0.1) is 11.3 Å². The maximum Gasteiger partial charge on any atom is 0.328 e. The van der Waals surface area contributed by atoms with Crippen LogP contribution in [0.5, 0.6) is 0 Å². The highest BCUT2D eigenvalue weighted by atomic mass is 32.1. The summed E-state index contributed by atoms with van der Waals surface area (Å²) in [4.78, 5) is 15.9. The summed E-state index contributed by atoms with van der Waals surface area (Å²) in [5.41, 5.74) is 1.05. The summed E-state index contributed by atoms with van der Waals surface area (Å²) >= 11 is 1.52. The van der Waals surface area contributed by atoms with E-state index in [4.69, 9.17) is 5.11 Å². The van der Waals surface area contributed by atoms with E-state index in [1.165, 1.54) is 17.4 Å². The third-order valence-corrected chi connectivity index (χ3v) is 2.83. The van der Waals surface area contributed by atoms with Gasteiger partial charge in [-0.1, -0.05) is 20.8 Å². The number of aromatic nitrogens is 1. The number of hydrogen-bond acceptors (Lipinski definition) is 3. The van der Waals surface area contributed by atoms with Crippen molar-refractivity contribution in [3.05, 3.63) is 21.7 Å². The molecule has 0 amide bonds. The van der Waals surface area contributed by atoms with Gasteiger partial charge in [0.05, 0.1) is 5.69 Å². The molecule has 0 aliphatic rings. The number of hydrogen-bond donors (Lipinski definition) is 1. The van der Waals surface area contributed by atoms with E-state index < -0.39 is 5.97 Å². The van der Waals surface area contributed by atoms with Gasteiger partial charge in [0.1, 0.15) is 5.01 Å². The Bertz CT molecular complexity index is 399. The Morgan fingerprint density at radius 1 is 1.47 bits per heavy atom. The number of aliphatic carboxylic acids is 1. The largest absolute Gasteiger partial charge is 0.478 e. The van der Waals surface area contributed by atoms with Crippen LogP contribution in [-0.2, 0) is 10.2 Å². The van der Waals surface area contributed by atoms with E-state index >= 15 is 0 Å². The number of carboxylic acid groups (broad SMARTS) is 1. The molecule has 0 atom stereocenters. The summed E-state index contributed by atoms with van der Waals surface area (Å²) < 4.78 is 0. The van der Waals surface area contributed by atoms with Crippen molar-refractivity contribution in [3.8, 4) is 0 Å². The van der Waals surface area contributed by atoms with Crippen LogP contribution in [0.1, 0.15) is 36.3 Å². The minimum absolute atomic E-state index is 0.00982. The molecule has 1 aromatic rings. The predicted molar refractivity (Wildman–Crippen MR) is 62.2 cm³/mol. The minimum Gasteiger partial charge on any atom is -0.478 e. The third kappa shape index (κ3) is 3.16. The second-order valence-corrected chi connectivity index (χ2v) is 5.61. The summed E-state index contributed by atoms with van der Waals surface area (Å²) in [7, 11) is 0. The normalized spacial score (nSPS) is 12.3. The maximum absolute atomic E-state index is 10.4. The zero-order chi connectivity index (χ0) is 11.6. The van der Waals surface area contributed by atoms with Crippen molar-refractivity contribution in [1.82, 2.24) is 4.98 Å². The van der Waals surface area contributed by atoms with Gasteiger partial charge in [-0.05, 0) is 13.0 Å². The van der Waals surface area contributed by atoms with Crippen molar-refractivity contribution in [3.63, 3.8) is 0 Å². The van der Waals surface area contributed by atoms with E-state index in [0.717, 1.165) is 21.7 Å². The van der Waals surface area contributed by atoms with Crippen LogP contribution in [0.4, 0.5) is 0 Å². The molecular weight excluding hydrogens is 210 g/mol. The van der Waals surface area contributed by atoms with Crippen molar-refractivity contribution >= 4 is 23.4 Å². The molecule has 3 nitrogen and oxygen atoms in total. The second-order valence-electron chi connectivity index (χ2n) is 4.38. The van der Waals surface area contributed by atoms with Crippen LogP contribution >= 0.6 is 11.3 Å². The Kier molecular flexibility index (Phi) is 3.29.